The normalized spacial score (nSPS) is 33.1. The van der Waals surface area contributed by atoms with Gasteiger partial charge in [0.25, 0.3) is 0 Å². The van der Waals surface area contributed by atoms with Gasteiger partial charge in [-0.3, -0.25) is 0 Å². The largest absolute Gasteiger partial charge is 0.432 e. The average Bonchev–Trinajstić information content (AvgIpc) is 3.18. The highest BCUT2D eigenvalue weighted by atomic mass is 28.4. The van der Waals surface area contributed by atoms with Crippen molar-refractivity contribution in [2.45, 2.75) is 115 Å². The smallest absolute Gasteiger partial charge is 0.188 e. The summed E-state index contributed by atoms with van der Waals surface area (Å²) in [5, 5.41) is -0.0443. The molecule has 33 heavy (non-hydrogen) atoms. The Bertz CT molecular complexity index is 706. The molecule has 2 unspecified atom stereocenters. The molecule has 6 atom stereocenters. The van der Waals surface area contributed by atoms with Crippen LogP contribution in [-0.4, -0.2) is 52.2 Å². The maximum absolute atomic E-state index is 11.0. The molecule has 1 saturated heterocycles. The van der Waals surface area contributed by atoms with Crippen LogP contribution in [0.1, 0.15) is 66.2 Å². The number of ether oxygens (including phenoxy) is 1. The lowest BCUT2D eigenvalue weighted by Gasteiger charge is -2.41. The Labute approximate surface area is 204 Å². The minimum Gasteiger partial charge on any atom is -0.432 e. The Hall–Kier alpha value is -0.0262. The van der Waals surface area contributed by atoms with E-state index in [2.05, 4.69) is 60.0 Å². The third-order valence-corrected chi connectivity index (χ3v) is 17.2. The van der Waals surface area contributed by atoms with Crippen LogP contribution in [0.2, 0.25) is 36.3 Å². The number of hydrogen-bond acceptors (Lipinski definition) is 5. The fourth-order valence-corrected chi connectivity index (χ4v) is 7.92. The topological polar surface area (TPSA) is 68.2 Å². The minimum absolute atomic E-state index is 0.0149. The molecule has 1 saturated carbocycles. The lowest BCUT2D eigenvalue weighted by atomic mass is 9.71. The van der Waals surface area contributed by atoms with E-state index < -0.39 is 16.6 Å². The minimum atomic E-state index is -2.28. The Morgan fingerprint density at radius 1 is 1.06 bits per heavy atom. The summed E-state index contributed by atoms with van der Waals surface area (Å²) in [6.07, 6.45) is 9.35. The maximum atomic E-state index is 11.0. The second-order valence-corrected chi connectivity index (χ2v) is 22.4. The van der Waals surface area contributed by atoms with Crippen molar-refractivity contribution in [2.24, 2.45) is 23.7 Å². The van der Waals surface area contributed by atoms with Crippen molar-refractivity contribution in [3.63, 3.8) is 0 Å². The second kappa shape index (κ2) is 9.79. The zero-order valence-electron chi connectivity index (χ0n) is 22.6. The van der Waals surface area contributed by atoms with E-state index >= 15 is 0 Å². The molecule has 5 nitrogen and oxygen atoms in total. The average molecular weight is 499 g/mol. The molecule has 0 aromatic heterocycles. The fraction of sp³-hybridized carbons (Fsp3) is 0.923. The lowest BCUT2D eigenvalue weighted by Crippen LogP contribution is -2.42. The third kappa shape index (κ3) is 5.70. The summed E-state index contributed by atoms with van der Waals surface area (Å²) < 4.78 is 6.76. The van der Waals surface area contributed by atoms with Gasteiger partial charge in [-0.05, 0) is 104 Å². The van der Waals surface area contributed by atoms with Gasteiger partial charge in [-0.25, -0.2) is 9.78 Å². The SMILES string of the molecule is COOCC1=CCCC2C1O[C@H]1C[C@@H](CC(C)(C)[Si](C)(C)O)[C@H](CCC(C)(C)[Si](C)(C)O)[C@@H]21. The Kier molecular flexibility index (Phi) is 8.18. The Balaban J connectivity index is 1.84. The molecule has 0 radical (unpaired) electrons. The molecule has 3 aliphatic rings. The van der Waals surface area contributed by atoms with E-state index in [1.54, 1.807) is 7.11 Å². The first-order valence-electron chi connectivity index (χ1n) is 13.0. The summed E-state index contributed by atoms with van der Waals surface area (Å²) in [5.74, 6) is 2.25. The van der Waals surface area contributed by atoms with Gasteiger partial charge in [0.15, 0.2) is 16.6 Å². The highest BCUT2D eigenvalue weighted by Gasteiger charge is 2.57. The van der Waals surface area contributed by atoms with Gasteiger partial charge >= 0.3 is 0 Å². The van der Waals surface area contributed by atoms with Crippen LogP contribution in [0, 0.1) is 23.7 Å². The first-order valence-corrected chi connectivity index (χ1v) is 18.9. The summed E-state index contributed by atoms with van der Waals surface area (Å²) in [6, 6.07) is 0. The second-order valence-electron chi connectivity index (χ2n) is 13.4. The molecule has 3 rings (SSSR count). The van der Waals surface area contributed by atoms with Crippen molar-refractivity contribution in [2.75, 3.05) is 13.7 Å². The van der Waals surface area contributed by atoms with Crippen LogP contribution in [0.5, 0.6) is 0 Å². The number of hydrogen-bond donors (Lipinski definition) is 2. The van der Waals surface area contributed by atoms with E-state index in [-0.39, 0.29) is 16.2 Å². The maximum Gasteiger partial charge on any atom is 0.188 e. The van der Waals surface area contributed by atoms with Crippen molar-refractivity contribution in [3.8, 4) is 0 Å². The summed E-state index contributed by atoms with van der Waals surface area (Å²) >= 11 is 0. The van der Waals surface area contributed by atoms with Gasteiger partial charge in [0.2, 0.25) is 0 Å². The quantitative estimate of drug-likeness (QED) is 0.166. The molecule has 7 heteroatoms. The molecule has 1 heterocycles. The fourth-order valence-electron chi connectivity index (χ4n) is 6.40. The summed E-state index contributed by atoms with van der Waals surface area (Å²) in [5.41, 5.74) is 1.24. The molecule has 0 spiro atoms. The molecule has 2 aliphatic carbocycles. The molecule has 0 aromatic rings. The van der Waals surface area contributed by atoms with E-state index in [1.807, 2.05) is 0 Å². The molecular weight excluding hydrogens is 448 g/mol. The van der Waals surface area contributed by atoms with Crippen LogP contribution in [0.15, 0.2) is 11.6 Å². The number of fused-ring (bicyclic) bond motifs is 3. The van der Waals surface area contributed by atoms with Crippen LogP contribution in [0.25, 0.3) is 0 Å². The van der Waals surface area contributed by atoms with Gasteiger partial charge in [-0.2, -0.15) is 0 Å². The van der Waals surface area contributed by atoms with E-state index in [9.17, 15) is 9.59 Å². The molecule has 192 valence electrons. The zero-order chi connectivity index (χ0) is 24.8. The summed E-state index contributed by atoms with van der Waals surface area (Å²) in [4.78, 5) is 32.1. The lowest BCUT2D eigenvalue weighted by molar-refractivity contribution is -0.267. The molecule has 0 bridgehead atoms. The predicted molar refractivity (Wildman–Crippen MR) is 139 cm³/mol. The first-order chi connectivity index (χ1) is 15.1. The van der Waals surface area contributed by atoms with Gasteiger partial charge in [-0.1, -0.05) is 33.8 Å². The molecule has 1 aliphatic heterocycles. The van der Waals surface area contributed by atoms with Crippen molar-refractivity contribution in [1.82, 2.24) is 0 Å². The monoisotopic (exact) mass is 498 g/mol. The van der Waals surface area contributed by atoms with Gasteiger partial charge < -0.3 is 14.3 Å². The van der Waals surface area contributed by atoms with Gasteiger partial charge in [0, 0.05) is 0 Å². The van der Waals surface area contributed by atoms with E-state index in [0.717, 1.165) is 32.1 Å². The van der Waals surface area contributed by atoms with E-state index in [0.29, 0.717) is 36.4 Å². The molecular formula is C26H50O5Si2. The molecule has 0 aromatic carbocycles. The van der Waals surface area contributed by atoms with Crippen LogP contribution in [0.3, 0.4) is 0 Å². The highest BCUT2D eigenvalue weighted by Crippen LogP contribution is 2.59. The van der Waals surface area contributed by atoms with Crippen LogP contribution >= 0.6 is 0 Å². The standard InChI is InChI=1S/C26H50O5Si2/c1-25(2,32(6,7)27)14-13-20-19(16-26(3,4)33(8,9)28)15-22-23(20)21-12-10-11-18(17-30-29-5)24(21)31-22/h11,19-24,27-28H,10,12-17H2,1-9H3/t19-,20-,21?,22-,23-,24?/m0/s1. The molecule has 2 fully saturated rings. The summed E-state index contributed by atoms with van der Waals surface area (Å²) in [6.45, 7) is 17.9. The Morgan fingerprint density at radius 2 is 1.70 bits per heavy atom. The highest BCUT2D eigenvalue weighted by molar-refractivity contribution is 6.73. The third-order valence-electron chi connectivity index (χ3n) is 10.1. The molecule has 2 N–H and O–H groups in total. The predicted octanol–water partition coefficient (Wildman–Crippen LogP) is 6.05. The van der Waals surface area contributed by atoms with E-state index in [1.165, 1.54) is 12.0 Å². The number of allylic oxidation sites excluding steroid dienone is 1. The zero-order valence-corrected chi connectivity index (χ0v) is 24.6. The van der Waals surface area contributed by atoms with Crippen LogP contribution in [-0.2, 0) is 14.5 Å². The Morgan fingerprint density at radius 3 is 2.27 bits per heavy atom. The van der Waals surface area contributed by atoms with E-state index in [4.69, 9.17) is 14.5 Å². The van der Waals surface area contributed by atoms with Crippen LogP contribution in [0.4, 0.5) is 0 Å². The summed E-state index contributed by atoms with van der Waals surface area (Å²) in [7, 11) is -2.97. The number of rotatable bonds is 10. The van der Waals surface area contributed by atoms with Gasteiger partial charge in [0.1, 0.15) is 6.61 Å². The van der Waals surface area contributed by atoms with Crippen molar-refractivity contribution in [3.05, 3.63) is 11.6 Å². The van der Waals surface area contributed by atoms with Crippen molar-refractivity contribution >= 4 is 16.6 Å². The van der Waals surface area contributed by atoms with Crippen molar-refractivity contribution < 1.29 is 24.1 Å². The van der Waals surface area contributed by atoms with Crippen molar-refractivity contribution in [1.29, 1.82) is 0 Å². The van der Waals surface area contributed by atoms with Crippen LogP contribution < -0.4 is 0 Å². The van der Waals surface area contributed by atoms with Gasteiger partial charge in [-0.15, -0.1) is 0 Å². The van der Waals surface area contributed by atoms with Gasteiger partial charge in [0.05, 0.1) is 19.3 Å². The first kappa shape index (κ1) is 27.6. The molecule has 0 amide bonds.